The predicted molar refractivity (Wildman–Crippen MR) is 69.0 cm³/mol. The number of hydrogen-bond donors (Lipinski definition) is 2. The fraction of sp³-hybridized carbons (Fsp3) is 0.167. The highest BCUT2D eigenvalue weighted by Crippen LogP contribution is 2.26. The normalized spacial score (nSPS) is 10.4. The molecule has 2 aromatic rings. The van der Waals surface area contributed by atoms with Gasteiger partial charge in [0.15, 0.2) is 0 Å². The lowest BCUT2D eigenvalue weighted by atomic mass is 10.2. The molecule has 6 heteroatoms. The molecular formula is C12H12ClN3O2. The van der Waals surface area contributed by atoms with Crippen LogP contribution in [0.1, 0.15) is 16.1 Å². The summed E-state index contributed by atoms with van der Waals surface area (Å²) in [6.45, 7) is 1.76. The van der Waals surface area contributed by atoms with Crippen LogP contribution in [0.5, 0.6) is 5.75 Å². The zero-order chi connectivity index (χ0) is 13.3. The molecule has 0 aliphatic rings. The Hall–Kier alpha value is -2.01. The zero-order valence-corrected chi connectivity index (χ0v) is 10.7. The summed E-state index contributed by atoms with van der Waals surface area (Å²) in [6.07, 6.45) is 1.64. The minimum Gasteiger partial charge on any atom is -0.508 e. The standard InChI is InChI=1S/C12H12ClN3O2/c1-7-9(6-16(2)15-7)12(18)14-11-4-3-8(17)5-10(11)13/h3-6,17H,1-2H3,(H,14,18). The third kappa shape index (κ3) is 2.46. The number of nitrogens with zero attached hydrogens (tertiary/aromatic N) is 2. The number of benzene rings is 1. The summed E-state index contributed by atoms with van der Waals surface area (Å²) < 4.78 is 1.57. The SMILES string of the molecule is Cc1nn(C)cc1C(=O)Nc1ccc(O)cc1Cl. The number of nitrogens with one attached hydrogen (secondary N) is 1. The molecule has 0 aliphatic carbocycles. The van der Waals surface area contributed by atoms with Crippen molar-refractivity contribution in [1.29, 1.82) is 0 Å². The Bertz CT molecular complexity index is 607. The van der Waals surface area contributed by atoms with Gasteiger partial charge in [-0.25, -0.2) is 0 Å². The van der Waals surface area contributed by atoms with Crippen LogP contribution in [0, 0.1) is 6.92 Å². The van der Waals surface area contributed by atoms with Crippen LogP contribution in [0.25, 0.3) is 0 Å². The van der Waals surface area contributed by atoms with Crippen LogP contribution in [-0.4, -0.2) is 20.8 Å². The van der Waals surface area contributed by atoms with E-state index in [0.717, 1.165) is 0 Å². The third-order valence-electron chi connectivity index (χ3n) is 2.46. The Kier molecular flexibility index (Phi) is 3.25. The summed E-state index contributed by atoms with van der Waals surface area (Å²) in [6, 6.07) is 4.37. The summed E-state index contributed by atoms with van der Waals surface area (Å²) in [5.74, 6) is -0.233. The number of amides is 1. The minimum absolute atomic E-state index is 0.0514. The fourth-order valence-corrected chi connectivity index (χ4v) is 1.84. The highest BCUT2D eigenvalue weighted by molar-refractivity contribution is 6.34. The third-order valence-corrected chi connectivity index (χ3v) is 2.77. The fourth-order valence-electron chi connectivity index (χ4n) is 1.62. The van der Waals surface area contributed by atoms with Crippen molar-refractivity contribution in [3.8, 4) is 5.75 Å². The molecule has 5 nitrogen and oxygen atoms in total. The van der Waals surface area contributed by atoms with Crippen LogP contribution in [0.2, 0.25) is 5.02 Å². The number of halogens is 1. The molecule has 0 unspecified atom stereocenters. The van der Waals surface area contributed by atoms with Crippen LogP contribution in [0.15, 0.2) is 24.4 Å². The van der Waals surface area contributed by atoms with Gasteiger partial charge in [-0.15, -0.1) is 0 Å². The quantitative estimate of drug-likeness (QED) is 0.819. The number of phenols is 1. The van der Waals surface area contributed by atoms with Crippen LogP contribution in [0.4, 0.5) is 5.69 Å². The van der Waals surface area contributed by atoms with E-state index in [0.29, 0.717) is 16.9 Å². The van der Waals surface area contributed by atoms with E-state index in [4.69, 9.17) is 11.6 Å². The number of anilines is 1. The first-order valence-corrected chi connectivity index (χ1v) is 5.65. The lowest BCUT2D eigenvalue weighted by molar-refractivity contribution is 0.102. The van der Waals surface area contributed by atoms with Crippen molar-refractivity contribution in [2.75, 3.05) is 5.32 Å². The first kappa shape index (κ1) is 12.4. The van der Waals surface area contributed by atoms with E-state index in [2.05, 4.69) is 10.4 Å². The van der Waals surface area contributed by atoms with Gasteiger partial charge in [0.1, 0.15) is 5.75 Å². The van der Waals surface area contributed by atoms with Crippen LogP contribution in [-0.2, 0) is 7.05 Å². The van der Waals surface area contributed by atoms with E-state index in [-0.39, 0.29) is 16.7 Å². The van der Waals surface area contributed by atoms with Crippen molar-refractivity contribution >= 4 is 23.2 Å². The molecule has 1 heterocycles. The van der Waals surface area contributed by atoms with Crippen molar-refractivity contribution < 1.29 is 9.90 Å². The lowest BCUT2D eigenvalue weighted by Crippen LogP contribution is -2.12. The Morgan fingerprint density at radius 2 is 2.22 bits per heavy atom. The van der Waals surface area contributed by atoms with E-state index in [9.17, 15) is 9.90 Å². The number of aromatic nitrogens is 2. The molecule has 2 N–H and O–H groups in total. The molecule has 18 heavy (non-hydrogen) atoms. The number of hydrogen-bond acceptors (Lipinski definition) is 3. The molecule has 0 aliphatic heterocycles. The van der Waals surface area contributed by atoms with Gasteiger partial charge in [-0.2, -0.15) is 5.10 Å². The van der Waals surface area contributed by atoms with Gasteiger partial charge in [0, 0.05) is 19.3 Å². The maximum atomic E-state index is 12.0. The van der Waals surface area contributed by atoms with Gasteiger partial charge in [0.25, 0.3) is 5.91 Å². The van der Waals surface area contributed by atoms with Crippen LogP contribution >= 0.6 is 11.6 Å². The van der Waals surface area contributed by atoms with Crippen molar-refractivity contribution in [3.63, 3.8) is 0 Å². The summed E-state index contributed by atoms with van der Waals surface area (Å²) >= 11 is 5.91. The Labute approximate surface area is 109 Å². The molecule has 0 spiro atoms. The van der Waals surface area contributed by atoms with Crippen molar-refractivity contribution in [1.82, 2.24) is 9.78 Å². The summed E-state index contributed by atoms with van der Waals surface area (Å²) in [4.78, 5) is 12.0. The molecule has 94 valence electrons. The first-order chi connectivity index (χ1) is 8.47. The maximum absolute atomic E-state index is 12.0. The molecule has 1 aromatic carbocycles. The lowest BCUT2D eigenvalue weighted by Gasteiger charge is -2.06. The summed E-state index contributed by atoms with van der Waals surface area (Å²) in [5.41, 5.74) is 1.58. The molecule has 2 rings (SSSR count). The van der Waals surface area contributed by atoms with Gasteiger partial charge in [-0.1, -0.05) is 11.6 Å². The second-order valence-electron chi connectivity index (χ2n) is 3.92. The molecule has 0 atom stereocenters. The van der Waals surface area contributed by atoms with Gasteiger partial charge in [0.05, 0.1) is 22.0 Å². The highest BCUT2D eigenvalue weighted by atomic mass is 35.5. The molecular weight excluding hydrogens is 254 g/mol. The monoisotopic (exact) mass is 265 g/mol. The number of rotatable bonds is 2. The molecule has 1 amide bonds. The smallest absolute Gasteiger partial charge is 0.259 e. The van der Waals surface area contributed by atoms with E-state index in [1.807, 2.05) is 0 Å². The van der Waals surface area contributed by atoms with Gasteiger partial charge in [0.2, 0.25) is 0 Å². The highest BCUT2D eigenvalue weighted by Gasteiger charge is 2.14. The van der Waals surface area contributed by atoms with Gasteiger partial charge in [-0.05, 0) is 19.1 Å². The second-order valence-corrected chi connectivity index (χ2v) is 4.33. The van der Waals surface area contributed by atoms with Crippen molar-refractivity contribution in [3.05, 3.63) is 40.7 Å². The maximum Gasteiger partial charge on any atom is 0.259 e. The van der Waals surface area contributed by atoms with Gasteiger partial charge >= 0.3 is 0 Å². The van der Waals surface area contributed by atoms with Crippen LogP contribution < -0.4 is 5.32 Å². The molecule has 0 saturated heterocycles. The predicted octanol–water partition coefficient (Wildman–Crippen LogP) is 2.34. The Balaban J connectivity index is 2.24. The molecule has 1 aromatic heterocycles. The average Bonchev–Trinajstić information content (AvgIpc) is 2.62. The zero-order valence-electron chi connectivity index (χ0n) is 9.94. The molecule has 0 fully saturated rings. The number of carbonyl (C=O) groups is 1. The number of aryl methyl sites for hydroxylation is 2. The number of phenolic OH excluding ortho intramolecular Hbond substituents is 1. The van der Waals surface area contributed by atoms with Crippen molar-refractivity contribution in [2.24, 2.45) is 7.05 Å². The van der Waals surface area contributed by atoms with E-state index in [1.165, 1.54) is 12.1 Å². The second kappa shape index (κ2) is 4.70. The van der Waals surface area contributed by atoms with E-state index >= 15 is 0 Å². The Morgan fingerprint density at radius 3 is 2.78 bits per heavy atom. The molecule has 0 saturated carbocycles. The molecule has 0 radical (unpaired) electrons. The number of carbonyl (C=O) groups excluding carboxylic acids is 1. The average molecular weight is 266 g/mol. The summed E-state index contributed by atoms with van der Waals surface area (Å²) in [7, 11) is 1.75. The Morgan fingerprint density at radius 1 is 1.50 bits per heavy atom. The van der Waals surface area contributed by atoms with Crippen molar-refractivity contribution in [2.45, 2.75) is 6.92 Å². The van der Waals surface area contributed by atoms with Crippen LogP contribution in [0.3, 0.4) is 0 Å². The van der Waals surface area contributed by atoms with Gasteiger partial charge < -0.3 is 10.4 Å². The number of aromatic hydroxyl groups is 1. The topological polar surface area (TPSA) is 67.2 Å². The largest absolute Gasteiger partial charge is 0.508 e. The minimum atomic E-state index is -0.284. The van der Waals surface area contributed by atoms with E-state index < -0.39 is 0 Å². The van der Waals surface area contributed by atoms with Gasteiger partial charge in [-0.3, -0.25) is 9.48 Å². The molecule has 0 bridgehead atoms. The first-order valence-electron chi connectivity index (χ1n) is 5.27. The van der Waals surface area contributed by atoms with E-state index in [1.54, 1.807) is 30.9 Å². The summed E-state index contributed by atoms with van der Waals surface area (Å²) in [5, 5.41) is 16.3.